The van der Waals surface area contributed by atoms with E-state index >= 15 is 0 Å². The van der Waals surface area contributed by atoms with Crippen LogP contribution in [0.25, 0.3) is 0 Å². The summed E-state index contributed by atoms with van der Waals surface area (Å²) in [5.41, 5.74) is 5.80. The fourth-order valence-corrected chi connectivity index (χ4v) is 2.25. The second kappa shape index (κ2) is 5.36. The van der Waals surface area contributed by atoms with Crippen LogP contribution in [0, 0.1) is 0 Å². The number of amides is 2. The molecule has 1 fully saturated rings. The third kappa shape index (κ3) is 2.90. The molecule has 2 rings (SSSR count). The Kier molecular flexibility index (Phi) is 3.80. The molecule has 19 heavy (non-hydrogen) atoms. The van der Waals surface area contributed by atoms with E-state index in [0.29, 0.717) is 17.8 Å². The van der Waals surface area contributed by atoms with Gasteiger partial charge < -0.3 is 15.5 Å². The Morgan fingerprint density at radius 1 is 1.37 bits per heavy atom. The van der Waals surface area contributed by atoms with Gasteiger partial charge in [0.25, 0.3) is 5.91 Å². The average Bonchev–Trinajstić information content (AvgIpc) is 2.38. The van der Waals surface area contributed by atoms with Crippen LogP contribution in [-0.4, -0.2) is 59.3 Å². The molecule has 1 aromatic rings. The van der Waals surface area contributed by atoms with E-state index in [0.717, 1.165) is 13.1 Å². The Bertz CT molecular complexity index is 486. The zero-order chi connectivity index (χ0) is 14.0. The standard InChI is InChI=1S/C13H18N4O2/c1-9-8-16(2)5-6-17(9)13(19)11-4-3-10(7-15-11)12(14)18/h3-4,7,9H,5-6,8H2,1-2H3,(H2,14,18)/t9-/m0/s1. The van der Waals surface area contributed by atoms with E-state index in [-0.39, 0.29) is 11.9 Å². The Balaban J connectivity index is 2.13. The predicted octanol–water partition coefficient (Wildman–Crippen LogP) is -0.0434. The lowest BCUT2D eigenvalue weighted by Gasteiger charge is -2.38. The van der Waals surface area contributed by atoms with Crippen molar-refractivity contribution in [3.05, 3.63) is 29.6 Å². The van der Waals surface area contributed by atoms with Gasteiger partial charge in [0.1, 0.15) is 5.69 Å². The van der Waals surface area contributed by atoms with Crippen molar-refractivity contribution in [1.82, 2.24) is 14.8 Å². The van der Waals surface area contributed by atoms with Crippen LogP contribution >= 0.6 is 0 Å². The third-order valence-corrected chi connectivity index (χ3v) is 3.36. The lowest BCUT2D eigenvalue weighted by Crippen LogP contribution is -2.52. The summed E-state index contributed by atoms with van der Waals surface area (Å²) >= 11 is 0. The van der Waals surface area contributed by atoms with Crippen LogP contribution in [0.4, 0.5) is 0 Å². The molecule has 0 radical (unpaired) electrons. The lowest BCUT2D eigenvalue weighted by molar-refractivity contribution is 0.0527. The summed E-state index contributed by atoms with van der Waals surface area (Å²) in [6, 6.07) is 3.24. The summed E-state index contributed by atoms with van der Waals surface area (Å²) in [5, 5.41) is 0. The van der Waals surface area contributed by atoms with Gasteiger partial charge in [0, 0.05) is 31.9 Å². The van der Waals surface area contributed by atoms with Crippen LogP contribution in [0.15, 0.2) is 18.3 Å². The van der Waals surface area contributed by atoms with Gasteiger partial charge in [0.2, 0.25) is 5.91 Å². The number of pyridine rings is 1. The van der Waals surface area contributed by atoms with Crippen LogP contribution in [0.3, 0.4) is 0 Å². The molecule has 1 atom stereocenters. The van der Waals surface area contributed by atoms with E-state index in [9.17, 15) is 9.59 Å². The fraction of sp³-hybridized carbons (Fsp3) is 0.462. The van der Waals surface area contributed by atoms with E-state index in [1.54, 1.807) is 6.07 Å². The number of primary amides is 1. The molecule has 0 unspecified atom stereocenters. The first-order valence-electron chi connectivity index (χ1n) is 6.24. The number of hydrogen-bond donors (Lipinski definition) is 1. The number of piperazine rings is 1. The number of likely N-dealkylation sites (N-methyl/N-ethyl adjacent to an activating group) is 1. The van der Waals surface area contributed by atoms with Crippen molar-refractivity contribution < 1.29 is 9.59 Å². The number of carbonyl (C=O) groups excluding carboxylic acids is 2. The summed E-state index contributed by atoms with van der Waals surface area (Å²) in [6.45, 7) is 4.42. The zero-order valence-corrected chi connectivity index (χ0v) is 11.2. The van der Waals surface area contributed by atoms with E-state index in [2.05, 4.69) is 9.88 Å². The van der Waals surface area contributed by atoms with Crippen LogP contribution in [0.5, 0.6) is 0 Å². The minimum absolute atomic E-state index is 0.100. The lowest BCUT2D eigenvalue weighted by atomic mass is 10.1. The molecular formula is C13H18N4O2. The summed E-state index contributed by atoms with van der Waals surface area (Å²) in [5.74, 6) is -0.643. The van der Waals surface area contributed by atoms with Gasteiger partial charge in [-0.15, -0.1) is 0 Å². The minimum Gasteiger partial charge on any atom is -0.366 e. The van der Waals surface area contributed by atoms with Gasteiger partial charge in [-0.25, -0.2) is 0 Å². The van der Waals surface area contributed by atoms with Crippen LogP contribution in [-0.2, 0) is 0 Å². The van der Waals surface area contributed by atoms with Gasteiger partial charge >= 0.3 is 0 Å². The molecular weight excluding hydrogens is 244 g/mol. The van der Waals surface area contributed by atoms with E-state index in [1.165, 1.54) is 12.3 Å². The van der Waals surface area contributed by atoms with Gasteiger partial charge in [-0.2, -0.15) is 0 Å². The van der Waals surface area contributed by atoms with E-state index < -0.39 is 5.91 Å². The van der Waals surface area contributed by atoms with Gasteiger partial charge in [-0.05, 0) is 26.1 Å². The van der Waals surface area contributed by atoms with Crippen molar-refractivity contribution in [1.29, 1.82) is 0 Å². The Morgan fingerprint density at radius 2 is 2.11 bits per heavy atom. The fourth-order valence-electron chi connectivity index (χ4n) is 2.25. The molecule has 6 nitrogen and oxygen atoms in total. The van der Waals surface area contributed by atoms with Crippen molar-refractivity contribution in [2.45, 2.75) is 13.0 Å². The van der Waals surface area contributed by atoms with E-state index in [1.807, 2.05) is 18.9 Å². The average molecular weight is 262 g/mol. The molecule has 2 heterocycles. The number of carbonyl (C=O) groups is 2. The summed E-state index contributed by atoms with van der Waals surface area (Å²) in [7, 11) is 2.04. The van der Waals surface area contributed by atoms with Crippen molar-refractivity contribution >= 4 is 11.8 Å². The highest BCUT2D eigenvalue weighted by Crippen LogP contribution is 2.12. The molecule has 0 saturated carbocycles. The third-order valence-electron chi connectivity index (χ3n) is 3.36. The second-order valence-corrected chi connectivity index (χ2v) is 4.91. The monoisotopic (exact) mass is 262 g/mol. The molecule has 2 N–H and O–H groups in total. The summed E-state index contributed by atoms with van der Waals surface area (Å²) < 4.78 is 0. The quantitative estimate of drug-likeness (QED) is 0.811. The van der Waals surface area contributed by atoms with Crippen molar-refractivity contribution in [2.75, 3.05) is 26.7 Å². The topological polar surface area (TPSA) is 79.5 Å². The maximum atomic E-state index is 12.3. The Morgan fingerprint density at radius 3 is 2.63 bits per heavy atom. The predicted molar refractivity (Wildman–Crippen MR) is 70.8 cm³/mol. The van der Waals surface area contributed by atoms with Gasteiger partial charge in [0.05, 0.1) is 5.56 Å². The second-order valence-electron chi connectivity index (χ2n) is 4.91. The molecule has 0 aliphatic carbocycles. The Labute approximate surface area is 112 Å². The van der Waals surface area contributed by atoms with Gasteiger partial charge in [-0.3, -0.25) is 14.6 Å². The molecule has 1 saturated heterocycles. The molecule has 6 heteroatoms. The molecule has 0 bridgehead atoms. The summed E-state index contributed by atoms with van der Waals surface area (Å²) in [6.07, 6.45) is 1.34. The summed E-state index contributed by atoms with van der Waals surface area (Å²) in [4.78, 5) is 31.3. The molecule has 0 aromatic carbocycles. The van der Waals surface area contributed by atoms with Crippen LogP contribution in [0.2, 0.25) is 0 Å². The number of aromatic nitrogens is 1. The number of rotatable bonds is 2. The largest absolute Gasteiger partial charge is 0.366 e. The van der Waals surface area contributed by atoms with Crippen LogP contribution in [0.1, 0.15) is 27.8 Å². The smallest absolute Gasteiger partial charge is 0.272 e. The van der Waals surface area contributed by atoms with Crippen LogP contribution < -0.4 is 5.73 Å². The maximum absolute atomic E-state index is 12.3. The van der Waals surface area contributed by atoms with Crippen molar-refractivity contribution in [2.24, 2.45) is 5.73 Å². The molecule has 1 aromatic heterocycles. The highest BCUT2D eigenvalue weighted by Gasteiger charge is 2.27. The zero-order valence-electron chi connectivity index (χ0n) is 11.2. The number of nitrogens with zero attached hydrogens (tertiary/aromatic N) is 3. The number of hydrogen-bond acceptors (Lipinski definition) is 4. The first-order valence-corrected chi connectivity index (χ1v) is 6.24. The maximum Gasteiger partial charge on any atom is 0.272 e. The molecule has 1 aliphatic heterocycles. The highest BCUT2D eigenvalue weighted by atomic mass is 16.2. The normalized spacial score (nSPS) is 20.3. The van der Waals surface area contributed by atoms with Gasteiger partial charge in [-0.1, -0.05) is 0 Å². The van der Waals surface area contributed by atoms with Crippen molar-refractivity contribution in [3.8, 4) is 0 Å². The van der Waals surface area contributed by atoms with Crippen molar-refractivity contribution in [3.63, 3.8) is 0 Å². The van der Waals surface area contributed by atoms with Gasteiger partial charge in [0.15, 0.2) is 0 Å². The highest BCUT2D eigenvalue weighted by molar-refractivity contribution is 5.95. The first-order chi connectivity index (χ1) is 8.99. The molecule has 1 aliphatic rings. The molecule has 102 valence electrons. The first kappa shape index (κ1) is 13.5. The minimum atomic E-state index is -0.542. The molecule has 0 spiro atoms. The SMILES string of the molecule is C[C@H]1CN(C)CCN1C(=O)c1ccc(C(N)=O)cn1. The number of nitrogens with two attached hydrogens (primary N) is 1. The Hall–Kier alpha value is -1.95. The van der Waals surface area contributed by atoms with E-state index in [4.69, 9.17) is 5.73 Å². The molecule has 2 amide bonds.